The second-order valence-electron chi connectivity index (χ2n) is 3.54. The van der Waals surface area contributed by atoms with Crippen LogP contribution in [-0.2, 0) is 6.54 Å². The molecule has 0 spiro atoms. The van der Waals surface area contributed by atoms with Gasteiger partial charge in [0.15, 0.2) is 5.84 Å². The zero-order valence-electron chi connectivity index (χ0n) is 8.14. The third-order valence-corrected chi connectivity index (χ3v) is 2.46. The smallest absolute Gasteiger partial charge is 0.173 e. The lowest BCUT2D eigenvalue weighted by Gasteiger charge is -1.95. The molecule has 0 saturated heterocycles. The van der Waals surface area contributed by atoms with Gasteiger partial charge in [0.25, 0.3) is 0 Å². The van der Waals surface area contributed by atoms with Gasteiger partial charge in [-0.05, 0) is 19.8 Å². The molecule has 2 rings (SSSR count). The molecular weight excluding hydrogens is 180 g/mol. The van der Waals surface area contributed by atoms with E-state index in [1.165, 1.54) is 0 Å². The SMILES string of the molecule is CCn1cc(/C(N)=N\O)c(C2CC2)n1. The van der Waals surface area contributed by atoms with E-state index in [2.05, 4.69) is 10.3 Å². The summed E-state index contributed by atoms with van der Waals surface area (Å²) in [5.41, 5.74) is 7.32. The normalized spacial score (nSPS) is 17.4. The van der Waals surface area contributed by atoms with Crippen LogP contribution in [0.3, 0.4) is 0 Å². The number of rotatable bonds is 3. The van der Waals surface area contributed by atoms with Crippen LogP contribution in [0.2, 0.25) is 0 Å². The molecule has 14 heavy (non-hydrogen) atoms. The van der Waals surface area contributed by atoms with Gasteiger partial charge in [-0.3, -0.25) is 4.68 Å². The third-order valence-electron chi connectivity index (χ3n) is 2.46. The highest BCUT2D eigenvalue weighted by Gasteiger charge is 2.30. The first-order valence-electron chi connectivity index (χ1n) is 4.81. The Kier molecular flexibility index (Phi) is 2.15. The van der Waals surface area contributed by atoms with Crippen LogP contribution in [0.5, 0.6) is 0 Å². The Balaban J connectivity index is 2.40. The molecule has 3 N–H and O–H groups in total. The second-order valence-corrected chi connectivity index (χ2v) is 3.54. The van der Waals surface area contributed by atoms with E-state index in [0.717, 1.165) is 30.6 Å². The van der Waals surface area contributed by atoms with Gasteiger partial charge in [0.1, 0.15) is 0 Å². The number of nitrogens with zero attached hydrogens (tertiary/aromatic N) is 3. The van der Waals surface area contributed by atoms with Crippen LogP contribution in [0.1, 0.15) is 36.9 Å². The van der Waals surface area contributed by atoms with Gasteiger partial charge in [0.05, 0.1) is 11.3 Å². The Morgan fingerprint density at radius 2 is 2.50 bits per heavy atom. The monoisotopic (exact) mass is 194 g/mol. The van der Waals surface area contributed by atoms with Crippen LogP contribution in [0.25, 0.3) is 0 Å². The molecule has 1 aromatic rings. The fourth-order valence-electron chi connectivity index (χ4n) is 1.51. The maximum Gasteiger partial charge on any atom is 0.173 e. The molecule has 1 heterocycles. The van der Waals surface area contributed by atoms with E-state index in [4.69, 9.17) is 10.9 Å². The second kappa shape index (κ2) is 3.32. The molecule has 5 nitrogen and oxygen atoms in total. The Morgan fingerprint density at radius 3 is 3.00 bits per heavy atom. The lowest BCUT2D eigenvalue weighted by Crippen LogP contribution is -2.14. The molecule has 1 fully saturated rings. The van der Waals surface area contributed by atoms with Crippen molar-refractivity contribution < 1.29 is 5.21 Å². The molecule has 0 unspecified atom stereocenters. The van der Waals surface area contributed by atoms with Crippen molar-refractivity contribution in [2.45, 2.75) is 32.2 Å². The Hall–Kier alpha value is -1.52. The first-order chi connectivity index (χ1) is 6.76. The predicted octanol–water partition coefficient (Wildman–Crippen LogP) is 0.875. The summed E-state index contributed by atoms with van der Waals surface area (Å²) in [5, 5.41) is 16.0. The number of hydrogen-bond donors (Lipinski definition) is 2. The summed E-state index contributed by atoms with van der Waals surface area (Å²) in [6.45, 7) is 2.82. The van der Waals surface area contributed by atoms with E-state index in [0.29, 0.717) is 5.92 Å². The summed E-state index contributed by atoms with van der Waals surface area (Å²) in [6, 6.07) is 0. The average Bonchev–Trinajstić information content (AvgIpc) is 2.97. The van der Waals surface area contributed by atoms with E-state index in [9.17, 15) is 0 Å². The molecule has 0 radical (unpaired) electrons. The number of amidine groups is 1. The van der Waals surface area contributed by atoms with Gasteiger partial charge in [-0.2, -0.15) is 5.10 Å². The van der Waals surface area contributed by atoms with Crippen LogP contribution < -0.4 is 5.73 Å². The van der Waals surface area contributed by atoms with Crippen molar-refractivity contribution in [3.63, 3.8) is 0 Å². The molecule has 0 aromatic carbocycles. The highest BCUT2D eigenvalue weighted by Crippen LogP contribution is 2.40. The molecule has 5 heteroatoms. The Bertz CT molecular complexity index is 365. The number of hydrogen-bond acceptors (Lipinski definition) is 3. The summed E-state index contributed by atoms with van der Waals surface area (Å²) < 4.78 is 1.82. The molecule has 0 bridgehead atoms. The quantitative estimate of drug-likeness (QED) is 0.324. The van der Waals surface area contributed by atoms with E-state index < -0.39 is 0 Å². The third kappa shape index (κ3) is 1.45. The number of oxime groups is 1. The highest BCUT2D eigenvalue weighted by atomic mass is 16.4. The standard InChI is InChI=1S/C9H14N4O/c1-2-13-5-7(9(10)12-14)8(11-13)6-3-4-6/h5-6,14H,2-4H2,1H3,(H2,10,12). The number of aryl methyl sites for hydroxylation is 1. The molecular formula is C9H14N4O. The maximum atomic E-state index is 8.62. The summed E-state index contributed by atoms with van der Waals surface area (Å²) in [7, 11) is 0. The van der Waals surface area contributed by atoms with Crippen LogP contribution >= 0.6 is 0 Å². The fraction of sp³-hybridized carbons (Fsp3) is 0.556. The van der Waals surface area contributed by atoms with E-state index in [1.807, 2.05) is 17.8 Å². The van der Waals surface area contributed by atoms with E-state index in [-0.39, 0.29) is 5.84 Å². The summed E-state index contributed by atoms with van der Waals surface area (Å²) in [4.78, 5) is 0. The zero-order valence-corrected chi connectivity index (χ0v) is 8.14. The van der Waals surface area contributed by atoms with Gasteiger partial charge in [-0.15, -0.1) is 0 Å². The summed E-state index contributed by atoms with van der Waals surface area (Å²) in [5.74, 6) is 0.671. The first-order valence-corrected chi connectivity index (χ1v) is 4.81. The van der Waals surface area contributed by atoms with Gasteiger partial charge in [0.2, 0.25) is 0 Å². The van der Waals surface area contributed by atoms with E-state index >= 15 is 0 Å². The van der Waals surface area contributed by atoms with Crippen LogP contribution in [0.4, 0.5) is 0 Å². The molecule has 76 valence electrons. The van der Waals surface area contributed by atoms with Crippen molar-refractivity contribution in [3.05, 3.63) is 17.5 Å². The Labute approximate surface area is 82.2 Å². The van der Waals surface area contributed by atoms with Crippen molar-refractivity contribution in [3.8, 4) is 0 Å². The molecule has 1 aliphatic carbocycles. The molecule has 0 aliphatic heterocycles. The maximum absolute atomic E-state index is 8.62. The van der Waals surface area contributed by atoms with Crippen molar-refractivity contribution in [1.29, 1.82) is 0 Å². The van der Waals surface area contributed by atoms with Crippen molar-refractivity contribution in [2.75, 3.05) is 0 Å². The van der Waals surface area contributed by atoms with Gasteiger partial charge in [0, 0.05) is 18.7 Å². The minimum atomic E-state index is 0.159. The van der Waals surface area contributed by atoms with Gasteiger partial charge >= 0.3 is 0 Å². The van der Waals surface area contributed by atoms with Crippen LogP contribution in [-0.4, -0.2) is 20.8 Å². The van der Waals surface area contributed by atoms with E-state index in [1.54, 1.807) is 0 Å². The Morgan fingerprint density at radius 1 is 1.79 bits per heavy atom. The zero-order chi connectivity index (χ0) is 10.1. The summed E-state index contributed by atoms with van der Waals surface area (Å²) >= 11 is 0. The minimum Gasteiger partial charge on any atom is -0.409 e. The molecule has 1 saturated carbocycles. The van der Waals surface area contributed by atoms with Crippen molar-refractivity contribution in [1.82, 2.24) is 9.78 Å². The average molecular weight is 194 g/mol. The van der Waals surface area contributed by atoms with Gasteiger partial charge in [-0.25, -0.2) is 0 Å². The van der Waals surface area contributed by atoms with Crippen molar-refractivity contribution in [2.24, 2.45) is 10.9 Å². The lowest BCUT2D eigenvalue weighted by atomic mass is 10.2. The minimum absolute atomic E-state index is 0.159. The van der Waals surface area contributed by atoms with Gasteiger partial charge in [-0.1, -0.05) is 5.16 Å². The predicted molar refractivity (Wildman–Crippen MR) is 52.4 cm³/mol. The topological polar surface area (TPSA) is 76.4 Å². The summed E-state index contributed by atoms with van der Waals surface area (Å²) in [6.07, 6.45) is 4.15. The molecule has 1 aliphatic rings. The van der Waals surface area contributed by atoms with Gasteiger partial charge < -0.3 is 10.9 Å². The van der Waals surface area contributed by atoms with Crippen molar-refractivity contribution >= 4 is 5.84 Å². The lowest BCUT2D eigenvalue weighted by molar-refractivity contribution is 0.318. The first kappa shape index (κ1) is 9.05. The largest absolute Gasteiger partial charge is 0.409 e. The molecule has 1 aromatic heterocycles. The number of aromatic nitrogens is 2. The molecule has 0 amide bonds. The van der Waals surface area contributed by atoms with Crippen LogP contribution in [0, 0.1) is 0 Å². The fourth-order valence-corrected chi connectivity index (χ4v) is 1.51. The molecule has 0 atom stereocenters. The highest BCUT2D eigenvalue weighted by molar-refractivity contribution is 5.98. The number of nitrogens with two attached hydrogens (primary N) is 1. The van der Waals surface area contributed by atoms with Crippen LogP contribution in [0.15, 0.2) is 11.4 Å².